The highest BCUT2D eigenvalue weighted by Crippen LogP contribution is 2.36. The van der Waals surface area contributed by atoms with Gasteiger partial charge >= 0.3 is 0 Å². The van der Waals surface area contributed by atoms with E-state index in [9.17, 15) is 0 Å². The minimum atomic E-state index is 0.238. The molecule has 2 aliphatic rings. The van der Waals surface area contributed by atoms with Gasteiger partial charge < -0.3 is 19.6 Å². The number of hydrogen-bond donors (Lipinski definition) is 2. The van der Waals surface area contributed by atoms with Crippen molar-refractivity contribution in [3.8, 4) is 0 Å². The third-order valence-corrected chi connectivity index (χ3v) is 6.16. The standard InChI is InChI=1S/C19H22N6OS/c1-12-8-21-17-16(12)18(24-11-23-17)25-6-7-27-15(10-25)14-9-22-19(26-14)13-4-2-3-5-20-13/h8-11,13,20H,2-7H2,1H3,(H,21,23,24). The van der Waals surface area contributed by atoms with Gasteiger partial charge in [-0.1, -0.05) is 6.42 Å². The van der Waals surface area contributed by atoms with Gasteiger partial charge in [-0.2, -0.15) is 0 Å². The molecule has 3 aromatic rings. The van der Waals surface area contributed by atoms with E-state index in [0.717, 1.165) is 64.2 Å². The number of hydrogen-bond acceptors (Lipinski definition) is 7. The average Bonchev–Trinajstić information content (AvgIpc) is 3.36. The third-order valence-electron chi connectivity index (χ3n) is 5.16. The van der Waals surface area contributed by atoms with Gasteiger partial charge in [0.15, 0.2) is 5.76 Å². The lowest BCUT2D eigenvalue weighted by Gasteiger charge is -2.25. The van der Waals surface area contributed by atoms with Crippen molar-refractivity contribution in [2.24, 2.45) is 0 Å². The van der Waals surface area contributed by atoms with Crippen LogP contribution in [-0.4, -0.2) is 38.8 Å². The Hall–Kier alpha value is -2.32. The topological polar surface area (TPSA) is 82.9 Å². The molecule has 8 heteroatoms. The first-order valence-electron chi connectivity index (χ1n) is 9.39. The highest BCUT2D eigenvalue weighted by molar-refractivity contribution is 8.08. The van der Waals surface area contributed by atoms with Crippen molar-refractivity contribution in [3.05, 3.63) is 42.1 Å². The number of rotatable bonds is 3. The number of aromatic nitrogens is 4. The van der Waals surface area contributed by atoms with Gasteiger partial charge in [0.1, 0.15) is 17.8 Å². The summed E-state index contributed by atoms with van der Waals surface area (Å²) in [5.41, 5.74) is 2.02. The number of nitrogens with one attached hydrogen (secondary N) is 2. The number of thioether (sulfide) groups is 1. The molecule has 1 saturated heterocycles. The van der Waals surface area contributed by atoms with Crippen LogP contribution in [0.15, 0.2) is 29.3 Å². The molecule has 0 saturated carbocycles. The molecule has 7 nitrogen and oxygen atoms in total. The highest BCUT2D eigenvalue weighted by Gasteiger charge is 2.23. The number of anilines is 1. The first-order valence-corrected chi connectivity index (χ1v) is 10.4. The Bertz CT molecular complexity index is 987. The number of H-pyrrole nitrogens is 1. The molecule has 0 radical (unpaired) electrons. The fourth-order valence-electron chi connectivity index (χ4n) is 3.74. The highest BCUT2D eigenvalue weighted by atomic mass is 32.2. The molecule has 2 N–H and O–H groups in total. The summed E-state index contributed by atoms with van der Waals surface area (Å²) < 4.78 is 6.11. The van der Waals surface area contributed by atoms with Gasteiger partial charge in [-0.25, -0.2) is 15.0 Å². The summed E-state index contributed by atoms with van der Waals surface area (Å²) >= 11 is 1.80. The lowest BCUT2D eigenvalue weighted by atomic mass is 10.1. The van der Waals surface area contributed by atoms with Gasteiger partial charge in [-0.3, -0.25) is 0 Å². The van der Waals surface area contributed by atoms with Crippen molar-refractivity contribution >= 4 is 33.5 Å². The van der Waals surface area contributed by atoms with Crippen molar-refractivity contribution in [2.45, 2.75) is 32.2 Å². The van der Waals surface area contributed by atoms with E-state index < -0.39 is 0 Å². The molecule has 1 fully saturated rings. The van der Waals surface area contributed by atoms with Crippen LogP contribution in [-0.2, 0) is 0 Å². The minimum absolute atomic E-state index is 0.238. The SMILES string of the molecule is Cc1c[nH]c2ncnc(N3C=C(c4cnc(C5CCCCN5)o4)SCC3)c12. The van der Waals surface area contributed by atoms with Crippen LogP contribution in [0.25, 0.3) is 15.9 Å². The Kier molecular flexibility index (Phi) is 4.37. The first-order chi connectivity index (χ1) is 13.3. The molecule has 3 aromatic heterocycles. The zero-order chi connectivity index (χ0) is 18.2. The zero-order valence-corrected chi connectivity index (χ0v) is 16.1. The van der Waals surface area contributed by atoms with Gasteiger partial charge in [0.05, 0.1) is 22.5 Å². The van der Waals surface area contributed by atoms with Gasteiger partial charge in [0, 0.05) is 24.7 Å². The maximum absolute atomic E-state index is 6.11. The van der Waals surface area contributed by atoms with E-state index in [4.69, 9.17) is 4.42 Å². The van der Waals surface area contributed by atoms with E-state index in [1.165, 1.54) is 12.8 Å². The summed E-state index contributed by atoms with van der Waals surface area (Å²) in [7, 11) is 0. The lowest BCUT2D eigenvalue weighted by molar-refractivity contribution is 0.337. The molecule has 27 heavy (non-hydrogen) atoms. The fraction of sp³-hybridized carbons (Fsp3) is 0.421. The number of nitrogens with zero attached hydrogens (tertiary/aromatic N) is 4. The first kappa shape index (κ1) is 16.8. The van der Waals surface area contributed by atoms with Gasteiger partial charge in [-0.15, -0.1) is 11.8 Å². The minimum Gasteiger partial charge on any atom is -0.438 e. The molecular formula is C19H22N6OS. The Labute approximate surface area is 161 Å². The molecule has 2 aliphatic heterocycles. The van der Waals surface area contributed by atoms with Crippen LogP contribution in [0.1, 0.15) is 42.5 Å². The maximum Gasteiger partial charge on any atom is 0.212 e. The largest absolute Gasteiger partial charge is 0.438 e. The summed E-state index contributed by atoms with van der Waals surface area (Å²) in [6.07, 6.45) is 11.1. The molecule has 0 spiro atoms. The summed E-state index contributed by atoms with van der Waals surface area (Å²) in [4.78, 5) is 19.9. The number of aryl methyl sites for hydroxylation is 1. The summed E-state index contributed by atoms with van der Waals surface area (Å²) in [5, 5.41) is 4.57. The van der Waals surface area contributed by atoms with Crippen LogP contribution in [0.3, 0.4) is 0 Å². The average molecular weight is 382 g/mol. The normalized spacial score (nSPS) is 20.9. The van der Waals surface area contributed by atoms with Crippen molar-refractivity contribution in [1.82, 2.24) is 25.3 Å². The van der Waals surface area contributed by atoms with Crippen LogP contribution >= 0.6 is 11.8 Å². The smallest absolute Gasteiger partial charge is 0.212 e. The fourth-order valence-corrected chi connectivity index (χ4v) is 4.69. The molecule has 0 amide bonds. The monoisotopic (exact) mass is 382 g/mol. The van der Waals surface area contributed by atoms with Crippen LogP contribution in [0.2, 0.25) is 0 Å². The molecule has 1 atom stereocenters. The molecular weight excluding hydrogens is 360 g/mol. The molecule has 0 aromatic carbocycles. The zero-order valence-electron chi connectivity index (χ0n) is 15.2. The Morgan fingerprint density at radius 2 is 2.22 bits per heavy atom. The van der Waals surface area contributed by atoms with Crippen molar-refractivity contribution in [3.63, 3.8) is 0 Å². The van der Waals surface area contributed by atoms with E-state index in [0.29, 0.717) is 0 Å². The van der Waals surface area contributed by atoms with E-state index in [2.05, 4.69) is 43.3 Å². The third kappa shape index (κ3) is 3.12. The Balaban J connectivity index is 1.46. The molecule has 0 bridgehead atoms. The van der Waals surface area contributed by atoms with Crippen molar-refractivity contribution < 1.29 is 4.42 Å². The molecule has 1 unspecified atom stereocenters. The second-order valence-electron chi connectivity index (χ2n) is 6.99. The molecule has 5 heterocycles. The summed E-state index contributed by atoms with van der Waals surface area (Å²) in [6.45, 7) is 4.01. The number of piperidine rings is 1. The van der Waals surface area contributed by atoms with E-state index in [-0.39, 0.29) is 6.04 Å². The van der Waals surface area contributed by atoms with Crippen LogP contribution < -0.4 is 10.2 Å². The van der Waals surface area contributed by atoms with Crippen molar-refractivity contribution in [2.75, 3.05) is 23.7 Å². The van der Waals surface area contributed by atoms with Crippen molar-refractivity contribution in [1.29, 1.82) is 0 Å². The van der Waals surface area contributed by atoms with Crippen LogP contribution in [0, 0.1) is 6.92 Å². The quantitative estimate of drug-likeness (QED) is 0.716. The maximum atomic E-state index is 6.11. The predicted octanol–water partition coefficient (Wildman–Crippen LogP) is 3.62. The Morgan fingerprint density at radius 3 is 3.11 bits per heavy atom. The summed E-state index contributed by atoms with van der Waals surface area (Å²) in [6, 6.07) is 0.238. The van der Waals surface area contributed by atoms with E-state index >= 15 is 0 Å². The summed E-state index contributed by atoms with van der Waals surface area (Å²) in [5.74, 6) is 3.54. The Morgan fingerprint density at radius 1 is 1.26 bits per heavy atom. The second-order valence-corrected chi connectivity index (χ2v) is 8.13. The molecule has 140 valence electrons. The van der Waals surface area contributed by atoms with Crippen LogP contribution in [0.4, 0.5) is 5.82 Å². The molecule has 5 rings (SSSR count). The number of oxazole rings is 1. The number of aromatic amines is 1. The van der Waals surface area contributed by atoms with Gasteiger partial charge in [0.25, 0.3) is 0 Å². The van der Waals surface area contributed by atoms with Crippen LogP contribution in [0.5, 0.6) is 0 Å². The van der Waals surface area contributed by atoms with E-state index in [1.807, 2.05) is 12.4 Å². The number of fused-ring (bicyclic) bond motifs is 1. The van der Waals surface area contributed by atoms with Gasteiger partial charge in [-0.05, 0) is 31.9 Å². The molecule has 0 aliphatic carbocycles. The van der Waals surface area contributed by atoms with E-state index in [1.54, 1.807) is 18.1 Å². The lowest BCUT2D eigenvalue weighted by Crippen LogP contribution is -2.26. The predicted molar refractivity (Wildman–Crippen MR) is 108 cm³/mol. The second kappa shape index (κ2) is 7.01. The van der Waals surface area contributed by atoms with Gasteiger partial charge in [0.2, 0.25) is 5.89 Å².